The SMILES string of the molecule is COc1ccc(SNC(=O)Nc2ccc3[nH]cnc3c2)cc1. The molecule has 2 amide bonds. The molecule has 7 heteroatoms. The van der Waals surface area contributed by atoms with Crippen LogP contribution in [0.25, 0.3) is 11.0 Å². The maximum atomic E-state index is 11.9. The first kappa shape index (κ1) is 14.3. The van der Waals surface area contributed by atoms with E-state index >= 15 is 0 Å². The van der Waals surface area contributed by atoms with Gasteiger partial charge in [0, 0.05) is 10.6 Å². The van der Waals surface area contributed by atoms with Crippen molar-refractivity contribution in [2.45, 2.75) is 4.90 Å². The fourth-order valence-corrected chi connectivity index (χ4v) is 2.45. The topological polar surface area (TPSA) is 79.0 Å². The number of carbonyl (C=O) groups excluding carboxylic acids is 1. The van der Waals surface area contributed by atoms with Crippen LogP contribution in [0.3, 0.4) is 0 Å². The van der Waals surface area contributed by atoms with Gasteiger partial charge in [0.25, 0.3) is 0 Å². The third-order valence-corrected chi connectivity index (χ3v) is 3.80. The Morgan fingerprint density at radius 3 is 2.82 bits per heavy atom. The molecule has 0 bridgehead atoms. The van der Waals surface area contributed by atoms with Crippen LogP contribution in [0, 0.1) is 0 Å². The molecule has 0 atom stereocenters. The van der Waals surface area contributed by atoms with Crippen molar-refractivity contribution in [2.24, 2.45) is 0 Å². The van der Waals surface area contributed by atoms with E-state index in [1.807, 2.05) is 42.5 Å². The Morgan fingerprint density at radius 2 is 2.05 bits per heavy atom. The van der Waals surface area contributed by atoms with E-state index in [9.17, 15) is 4.79 Å². The molecule has 112 valence electrons. The highest BCUT2D eigenvalue weighted by molar-refractivity contribution is 7.98. The molecule has 3 N–H and O–H groups in total. The average molecular weight is 314 g/mol. The number of hydrogen-bond donors (Lipinski definition) is 3. The second-order valence-electron chi connectivity index (χ2n) is 4.47. The molecular weight excluding hydrogens is 300 g/mol. The summed E-state index contributed by atoms with van der Waals surface area (Å²) in [7, 11) is 1.62. The van der Waals surface area contributed by atoms with Gasteiger partial charge in [-0.3, -0.25) is 4.72 Å². The number of ether oxygens (including phenoxy) is 1. The lowest BCUT2D eigenvalue weighted by atomic mass is 10.3. The zero-order valence-corrected chi connectivity index (χ0v) is 12.6. The molecule has 6 nitrogen and oxygen atoms in total. The number of urea groups is 1. The number of aromatic amines is 1. The van der Waals surface area contributed by atoms with E-state index in [4.69, 9.17) is 4.74 Å². The largest absolute Gasteiger partial charge is 0.497 e. The molecule has 22 heavy (non-hydrogen) atoms. The predicted molar refractivity (Wildman–Crippen MR) is 87.1 cm³/mol. The zero-order valence-electron chi connectivity index (χ0n) is 11.8. The second kappa shape index (κ2) is 6.40. The molecule has 1 aromatic heterocycles. The number of nitrogens with one attached hydrogen (secondary N) is 3. The maximum Gasteiger partial charge on any atom is 0.329 e. The van der Waals surface area contributed by atoms with Gasteiger partial charge in [-0.15, -0.1) is 0 Å². The van der Waals surface area contributed by atoms with Crippen LogP contribution in [0.2, 0.25) is 0 Å². The summed E-state index contributed by atoms with van der Waals surface area (Å²) in [6.45, 7) is 0. The summed E-state index contributed by atoms with van der Waals surface area (Å²) < 4.78 is 7.81. The van der Waals surface area contributed by atoms with Crippen molar-refractivity contribution < 1.29 is 9.53 Å². The molecule has 0 unspecified atom stereocenters. The van der Waals surface area contributed by atoms with Crippen LogP contribution in [0.4, 0.5) is 10.5 Å². The molecule has 0 spiro atoms. The van der Waals surface area contributed by atoms with E-state index in [0.29, 0.717) is 5.69 Å². The lowest BCUT2D eigenvalue weighted by molar-refractivity contribution is 0.257. The van der Waals surface area contributed by atoms with Crippen LogP contribution in [0.15, 0.2) is 53.7 Å². The number of rotatable bonds is 4. The van der Waals surface area contributed by atoms with E-state index < -0.39 is 0 Å². The van der Waals surface area contributed by atoms with Crippen molar-refractivity contribution >= 4 is 34.7 Å². The van der Waals surface area contributed by atoms with Crippen LogP contribution in [-0.2, 0) is 0 Å². The summed E-state index contributed by atoms with van der Waals surface area (Å²) in [6, 6.07) is 12.6. The average Bonchev–Trinajstić information content (AvgIpc) is 3.01. The van der Waals surface area contributed by atoms with Gasteiger partial charge in [-0.05, 0) is 54.4 Å². The van der Waals surface area contributed by atoms with E-state index in [0.717, 1.165) is 21.7 Å². The molecular formula is C15H14N4O2S. The Morgan fingerprint density at radius 1 is 1.23 bits per heavy atom. The molecule has 0 radical (unpaired) electrons. The minimum atomic E-state index is -0.296. The highest BCUT2D eigenvalue weighted by Gasteiger charge is 2.04. The normalized spacial score (nSPS) is 10.4. The fourth-order valence-electron chi connectivity index (χ4n) is 1.92. The van der Waals surface area contributed by atoms with Crippen molar-refractivity contribution in [3.05, 3.63) is 48.8 Å². The summed E-state index contributed by atoms with van der Waals surface area (Å²) in [5.41, 5.74) is 2.42. The van der Waals surface area contributed by atoms with Crippen LogP contribution in [-0.4, -0.2) is 23.1 Å². The molecule has 0 saturated carbocycles. The summed E-state index contributed by atoms with van der Waals surface area (Å²) in [4.78, 5) is 20.0. The number of amides is 2. The Balaban J connectivity index is 1.57. The number of aromatic nitrogens is 2. The van der Waals surface area contributed by atoms with Gasteiger partial charge in [0.15, 0.2) is 0 Å². The minimum absolute atomic E-state index is 0.296. The van der Waals surface area contributed by atoms with Gasteiger partial charge >= 0.3 is 6.03 Å². The van der Waals surface area contributed by atoms with Crippen molar-refractivity contribution in [3.63, 3.8) is 0 Å². The Labute approximate surface area is 131 Å². The molecule has 0 saturated heterocycles. The monoisotopic (exact) mass is 314 g/mol. The molecule has 0 fully saturated rings. The van der Waals surface area contributed by atoms with Crippen LogP contribution >= 0.6 is 11.9 Å². The summed E-state index contributed by atoms with van der Waals surface area (Å²) in [6.07, 6.45) is 1.62. The number of H-pyrrole nitrogens is 1. The zero-order chi connectivity index (χ0) is 15.4. The van der Waals surface area contributed by atoms with Gasteiger partial charge in [-0.25, -0.2) is 9.78 Å². The number of hydrogen-bond acceptors (Lipinski definition) is 4. The van der Waals surface area contributed by atoms with Crippen molar-refractivity contribution in [1.82, 2.24) is 14.7 Å². The molecule has 3 aromatic rings. The molecule has 0 aliphatic heterocycles. The van der Waals surface area contributed by atoms with Crippen molar-refractivity contribution in [3.8, 4) is 5.75 Å². The van der Waals surface area contributed by atoms with E-state index in [2.05, 4.69) is 20.0 Å². The molecule has 2 aromatic carbocycles. The lowest BCUT2D eigenvalue weighted by Gasteiger charge is -2.07. The first-order valence-electron chi connectivity index (χ1n) is 6.55. The first-order valence-corrected chi connectivity index (χ1v) is 7.37. The predicted octanol–water partition coefficient (Wildman–Crippen LogP) is 3.40. The van der Waals surface area contributed by atoms with Gasteiger partial charge in [0.05, 0.1) is 24.5 Å². The third kappa shape index (κ3) is 3.32. The standard InChI is InChI=1S/C15H14N4O2S/c1-21-11-3-5-12(6-4-11)22-19-15(20)18-10-2-7-13-14(8-10)17-9-16-13/h2-9H,1H3,(H,16,17)(H2,18,19,20). The van der Waals surface area contributed by atoms with Gasteiger partial charge in [-0.2, -0.15) is 0 Å². The second-order valence-corrected chi connectivity index (χ2v) is 5.35. The number of benzene rings is 2. The smallest absolute Gasteiger partial charge is 0.329 e. The highest BCUT2D eigenvalue weighted by Crippen LogP contribution is 2.19. The van der Waals surface area contributed by atoms with Gasteiger partial charge < -0.3 is 15.0 Å². The molecule has 0 aliphatic rings. The summed E-state index contributed by atoms with van der Waals surface area (Å²) in [5, 5.41) is 2.77. The number of carbonyl (C=O) groups is 1. The Kier molecular flexibility index (Phi) is 4.15. The van der Waals surface area contributed by atoms with Crippen LogP contribution in [0.5, 0.6) is 5.75 Å². The fraction of sp³-hybridized carbons (Fsp3) is 0.0667. The van der Waals surface area contributed by atoms with Crippen molar-refractivity contribution in [2.75, 3.05) is 12.4 Å². The number of fused-ring (bicyclic) bond motifs is 1. The highest BCUT2D eigenvalue weighted by atomic mass is 32.2. The Bertz CT molecular complexity index is 786. The van der Waals surface area contributed by atoms with E-state index in [1.165, 1.54) is 11.9 Å². The Hall–Kier alpha value is -2.67. The van der Waals surface area contributed by atoms with Gasteiger partial charge in [0.2, 0.25) is 0 Å². The van der Waals surface area contributed by atoms with Gasteiger partial charge in [0.1, 0.15) is 5.75 Å². The third-order valence-electron chi connectivity index (χ3n) is 3.00. The number of methoxy groups -OCH3 is 1. The lowest BCUT2D eigenvalue weighted by Crippen LogP contribution is -2.22. The molecule has 3 rings (SSSR count). The minimum Gasteiger partial charge on any atom is -0.497 e. The van der Waals surface area contributed by atoms with Crippen molar-refractivity contribution in [1.29, 1.82) is 0 Å². The van der Waals surface area contributed by atoms with Gasteiger partial charge in [-0.1, -0.05) is 0 Å². The molecule has 0 aliphatic carbocycles. The van der Waals surface area contributed by atoms with E-state index in [-0.39, 0.29) is 6.03 Å². The first-order chi connectivity index (χ1) is 10.7. The van der Waals surface area contributed by atoms with Crippen LogP contribution in [0.1, 0.15) is 0 Å². The number of anilines is 1. The summed E-state index contributed by atoms with van der Waals surface area (Å²) in [5.74, 6) is 0.779. The quantitative estimate of drug-likeness (QED) is 0.645. The summed E-state index contributed by atoms with van der Waals surface area (Å²) >= 11 is 1.23. The number of nitrogens with zero attached hydrogens (tertiary/aromatic N) is 1. The number of imidazole rings is 1. The van der Waals surface area contributed by atoms with Crippen LogP contribution < -0.4 is 14.8 Å². The van der Waals surface area contributed by atoms with E-state index in [1.54, 1.807) is 13.4 Å². The molecule has 1 heterocycles. The maximum absolute atomic E-state index is 11.9.